The first-order valence-corrected chi connectivity index (χ1v) is 6.74. The Morgan fingerprint density at radius 2 is 1.64 bits per heavy atom. The molecule has 0 aliphatic rings. The zero-order valence-electron chi connectivity index (χ0n) is 12.5. The van der Waals surface area contributed by atoms with Gasteiger partial charge >= 0.3 is 5.97 Å². The highest BCUT2D eigenvalue weighted by Crippen LogP contribution is 2.14. The maximum Gasteiger partial charge on any atom is 0.337 e. The number of rotatable bonds is 5. The van der Waals surface area contributed by atoms with Gasteiger partial charge in [0.05, 0.1) is 12.7 Å². The van der Waals surface area contributed by atoms with Gasteiger partial charge in [-0.2, -0.15) is 0 Å². The van der Waals surface area contributed by atoms with Gasteiger partial charge < -0.3 is 14.4 Å². The fourth-order valence-electron chi connectivity index (χ4n) is 1.84. The number of methoxy groups -OCH3 is 1. The van der Waals surface area contributed by atoms with Crippen LogP contribution in [-0.4, -0.2) is 32.6 Å². The Bertz CT molecular complexity index is 637. The summed E-state index contributed by atoms with van der Waals surface area (Å²) in [4.78, 5) is 24.9. The Morgan fingerprint density at radius 1 is 1.00 bits per heavy atom. The second-order valence-electron chi connectivity index (χ2n) is 4.59. The van der Waals surface area contributed by atoms with Crippen LogP contribution in [-0.2, 0) is 9.53 Å². The Morgan fingerprint density at radius 3 is 2.23 bits per heavy atom. The normalized spacial score (nSPS) is 9.91. The number of ether oxygens (including phenoxy) is 2. The number of likely N-dealkylation sites (N-methyl/N-ethyl adjacent to an activating group) is 1. The topological polar surface area (TPSA) is 55.8 Å². The van der Waals surface area contributed by atoms with Crippen LogP contribution in [0.5, 0.6) is 5.75 Å². The molecule has 2 rings (SSSR count). The van der Waals surface area contributed by atoms with Crippen molar-refractivity contribution in [2.24, 2.45) is 0 Å². The van der Waals surface area contributed by atoms with E-state index in [1.807, 2.05) is 30.3 Å². The second kappa shape index (κ2) is 7.26. The third-order valence-electron chi connectivity index (χ3n) is 3.16. The highest BCUT2D eigenvalue weighted by Gasteiger charge is 2.11. The molecule has 0 heterocycles. The highest BCUT2D eigenvalue weighted by molar-refractivity contribution is 5.94. The van der Waals surface area contributed by atoms with Gasteiger partial charge in [0, 0.05) is 12.7 Å². The van der Waals surface area contributed by atoms with E-state index in [0.717, 1.165) is 5.69 Å². The molecule has 0 spiro atoms. The van der Waals surface area contributed by atoms with E-state index in [1.54, 1.807) is 31.3 Å². The number of esters is 1. The molecule has 0 radical (unpaired) electrons. The molecule has 0 atom stereocenters. The fourth-order valence-corrected chi connectivity index (χ4v) is 1.84. The summed E-state index contributed by atoms with van der Waals surface area (Å²) in [6.45, 7) is -0.0804. The zero-order valence-corrected chi connectivity index (χ0v) is 12.5. The van der Waals surface area contributed by atoms with Gasteiger partial charge in [-0.25, -0.2) is 4.79 Å². The molecule has 0 aliphatic carbocycles. The standard InChI is InChI=1S/C17H17NO4/c1-18(14-6-4-3-5-7-14)16(19)12-22-15-10-8-13(9-11-15)17(20)21-2/h3-11H,12H2,1-2H3. The van der Waals surface area contributed by atoms with E-state index in [9.17, 15) is 9.59 Å². The summed E-state index contributed by atoms with van der Waals surface area (Å²) in [5.41, 5.74) is 1.24. The minimum absolute atomic E-state index is 0.0804. The van der Waals surface area contributed by atoms with Crippen LogP contribution in [0.4, 0.5) is 5.69 Å². The van der Waals surface area contributed by atoms with E-state index in [4.69, 9.17) is 4.74 Å². The number of para-hydroxylation sites is 1. The first kappa shape index (κ1) is 15.6. The van der Waals surface area contributed by atoms with Crippen molar-refractivity contribution in [3.05, 3.63) is 60.2 Å². The number of benzene rings is 2. The largest absolute Gasteiger partial charge is 0.484 e. The van der Waals surface area contributed by atoms with E-state index < -0.39 is 5.97 Å². The fraction of sp³-hybridized carbons (Fsp3) is 0.176. The molecule has 0 saturated heterocycles. The summed E-state index contributed by atoms with van der Waals surface area (Å²) in [7, 11) is 3.02. The molecule has 0 N–H and O–H groups in total. The van der Waals surface area contributed by atoms with Crippen LogP contribution in [0.1, 0.15) is 10.4 Å². The summed E-state index contributed by atoms with van der Waals surface area (Å²) in [5.74, 6) is -0.0582. The van der Waals surface area contributed by atoms with E-state index in [2.05, 4.69) is 4.74 Å². The van der Waals surface area contributed by atoms with Crippen LogP contribution < -0.4 is 9.64 Å². The SMILES string of the molecule is COC(=O)c1ccc(OCC(=O)N(C)c2ccccc2)cc1. The van der Waals surface area contributed by atoms with E-state index in [1.165, 1.54) is 12.0 Å². The van der Waals surface area contributed by atoms with Crippen LogP contribution in [0.15, 0.2) is 54.6 Å². The van der Waals surface area contributed by atoms with Crippen molar-refractivity contribution >= 4 is 17.6 Å². The van der Waals surface area contributed by atoms with Gasteiger partial charge in [0.1, 0.15) is 5.75 Å². The predicted molar refractivity (Wildman–Crippen MR) is 83.1 cm³/mol. The number of carbonyl (C=O) groups excluding carboxylic acids is 2. The zero-order chi connectivity index (χ0) is 15.9. The molecule has 0 aliphatic heterocycles. The molecule has 5 nitrogen and oxygen atoms in total. The van der Waals surface area contributed by atoms with Gasteiger partial charge in [0.15, 0.2) is 6.61 Å². The summed E-state index contributed by atoms with van der Waals surface area (Å²) >= 11 is 0. The van der Waals surface area contributed by atoms with Crippen molar-refractivity contribution in [1.29, 1.82) is 0 Å². The predicted octanol–water partition coefficient (Wildman–Crippen LogP) is 2.52. The van der Waals surface area contributed by atoms with Gasteiger partial charge in [-0.05, 0) is 36.4 Å². The molecule has 0 fully saturated rings. The van der Waals surface area contributed by atoms with Gasteiger partial charge in [-0.15, -0.1) is 0 Å². The van der Waals surface area contributed by atoms with Crippen LogP contribution in [0.25, 0.3) is 0 Å². The number of amides is 1. The average Bonchev–Trinajstić information content (AvgIpc) is 2.59. The highest BCUT2D eigenvalue weighted by atomic mass is 16.5. The van der Waals surface area contributed by atoms with E-state index in [0.29, 0.717) is 11.3 Å². The second-order valence-corrected chi connectivity index (χ2v) is 4.59. The first-order valence-electron chi connectivity index (χ1n) is 6.74. The Hall–Kier alpha value is -2.82. The van der Waals surface area contributed by atoms with Gasteiger partial charge in [-0.1, -0.05) is 18.2 Å². The third-order valence-corrected chi connectivity index (χ3v) is 3.16. The molecule has 0 unspecified atom stereocenters. The lowest BCUT2D eigenvalue weighted by Crippen LogP contribution is -2.31. The Labute approximate surface area is 129 Å². The number of hydrogen-bond donors (Lipinski definition) is 0. The molecule has 114 valence electrons. The molecule has 1 amide bonds. The van der Waals surface area contributed by atoms with Crippen molar-refractivity contribution in [3.8, 4) is 5.75 Å². The molecular weight excluding hydrogens is 282 g/mol. The molecular formula is C17H17NO4. The van der Waals surface area contributed by atoms with Gasteiger partial charge in [0.2, 0.25) is 0 Å². The smallest absolute Gasteiger partial charge is 0.337 e. The maximum absolute atomic E-state index is 12.1. The molecule has 2 aromatic rings. The Balaban J connectivity index is 1.92. The van der Waals surface area contributed by atoms with Gasteiger partial charge in [0.25, 0.3) is 5.91 Å². The third kappa shape index (κ3) is 3.85. The lowest BCUT2D eigenvalue weighted by Gasteiger charge is -2.17. The van der Waals surface area contributed by atoms with Crippen LogP contribution in [0.2, 0.25) is 0 Å². The quantitative estimate of drug-likeness (QED) is 0.796. The van der Waals surface area contributed by atoms with Crippen molar-refractivity contribution < 1.29 is 19.1 Å². The molecule has 2 aromatic carbocycles. The van der Waals surface area contributed by atoms with Crippen molar-refractivity contribution in [1.82, 2.24) is 0 Å². The molecule has 22 heavy (non-hydrogen) atoms. The summed E-state index contributed by atoms with van der Waals surface area (Å²) in [6, 6.07) is 15.8. The minimum atomic E-state index is -0.411. The molecule has 0 bridgehead atoms. The number of carbonyl (C=O) groups is 2. The number of anilines is 1. The lowest BCUT2D eigenvalue weighted by molar-refractivity contribution is -0.120. The summed E-state index contributed by atoms with van der Waals surface area (Å²) in [6.07, 6.45) is 0. The maximum atomic E-state index is 12.1. The van der Waals surface area contributed by atoms with Crippen molar-refractivity contribution in [3.63, 3.8) is 0 Å². The van der Waals surface area contributed by atoms with Crippen LogP contribution in [0, 0.1) is 0 Å². The monoisotopic (exact) mass is 299 g/mol. The van der Waals surface area contributed by atoms with E-state index in [-0.39, 0.29) is 12.5 Å². The minimum Gasteiger partial charge on any atom is -0.484 e. The summed E-state index contributed by atoms with van der Waals surface area (Å²) in [5, 5.41) is 0. The molecule has 5 heteroatoms. The number of hydrogen-bond acceptors (Lipinski definition) is 4. The molecule has 0 aromatic heterocycles. The molecule has 0 saturated carbocycles. The van der Waals surface area contributed by atoms with Crippen molar-refractivity contribution in [2.75, 3.05) is 25.7 Å². The Kier molecular flexibility index (Phi) is 5.14. The first-order chi connectivity index (χ1) is 10.6. The van der Waals surface area contributed by atoms with E-state index >= 15 is 0 Å². The summed E-state index contributed by atoms with van der Waals surface area (Å²) < 4.78 is 10.0. The van der Waals surface area contributed by atoms with Crippen LogP contribution in [0.3, 0.4) is 0 Å². The van der Waals surface area contributed by atoms with Gasteiger partial charge in [-0.3, -0.25) is 4.79 Å². The number of nitrogens with zero attached hydrogens (tertiary/aromatic N) is 1. The van der Waals surface area contributed by atoms with Crippen LogP contribution >= 0.6 is 0 Å². The average molecular weight is 299 g/mol. The van der Waals surface area contributed by atoms with Crippen molar-refractivity contribution in [2.45, 2.75) is 0 Å². The lowest BCUT2D eigenvalue weighted by atomic mass is 10.2.